The molecule has 2 heteroatoms. The van der Waals surface area contributed by atoms with Crippen LogP contribution in [-0.4, -0.2) is 18.7 Å². The van der Waals surface area contributed by atoms with E-state index >= 15 is 0 Å². The van der Waals surface area contributed by atoms with Crippen LogP contribution in [0.15, 0.2) is 18.2 Å². The second-order valence-electron chi connectivity index (χ2n) is 6.37. The van der Waals surface area contributed by atoms with Crippen molar-refractivity contribution in [2.24, 2.45) is 5.41 Å². The van der Waals surface area contributed by atoms with E-state index in [1.165, 1.54) is 17.5 Å². The highest BCUT2D eigenvalue weighted by molar-refractivity contribution is 5.38. The van der Waals surface area contributed by atoms with E-state index in [0.717, 1.165) is 18.7 Å². The van der Waals surface area contributed by atoms with Crippen molar-refractivity contribution in [2.45, 2.75) is 59.6 Å². The first-order chi connectivity index (χ1) is 8.96. The maximum absolute atomic E-state index is 6.25. The molecule has 2 unspecified atom stereocenters. The summed E-state index contributed by atoms with van der Waals surface area (Å²) in [5.74, 6) is 1.05. The van der Waals surface area contributed by atoms with E-state index in [0.29, 0.717) is 12.1 Å². The van der Waals surface area contributed by atoms with E-state index in [4.69, 9.17) is 4.74 Å². The summed E-state index contributed by atoms with van der Waals surface area (Å²) in [6.45, 7) is 12.2. The Balaban J connectivity index is 2.00. The summed E-state index contributed by atoms with van der Waals surface area (Å²) in [5.41, 5.74) is 2.78. The quantitative estimate of drug-likeness (QED) is 0.869. The average Bonchev–Trinajstić information content (AvgIpc) is 2.37. The molecular weight excluding hydrogens is 234 g/mol. The number of aryl methyl sites for hydroxylation is 1. The Hall–Kier alpha value is -1.02. The molecule has 1 saturated carbocycles. The third-order valence-electron chi connectivity index (χ3n) is 4.64. The smallest absolute Gasteiger partial charge is 0.122 e. The summed E-state index contributed by atoms with van der Waals surface area (Å²) >= 11 is 0. The van der Waals surface area contributed by atoms with Crippen LogP contribution >= 0.6 is 0 Å². The molecule has 1 aromatic carbocycles. The lowest BCUT2D eigenvalue weighted by Crippen LogP contribution is -2.62. The first-order valence-corrected chi connectivity index (χ1v) is 7.43. The number of hydrogen-bond donors (Lipinski definition) is 1. The lowest BCUT2D eigenvalue weighted by molar-refractivity contribution is -0.0549. The summed E-state index contributed by atoms with van der Waals surface area (Å²) in [4.78, 5) is 0. The molecule has 0 bridgehead atoms. The van der Waals surface area contributed by atoms with Gasteiger partial charge < -0.3 is 10.1 Å². The molecular formula is C17H27NO. The monoisotopic (exact) mass is 261 g/mol. The fraction of sp³-hybridized carbons (Fsp3) is 0.647. The van der Waals surface area contributed by atoms with Crippen molar-refractivity contribution in [3.05, 3.63) is 29.3 Å². The number of benzene rings is 1. The van der Waals surface area contributed by atoms with Crippen molar-refractivity contribution in [2.75, 3.05) is 6.54 Å². The van der Waals surface area contributed by atoms with E-state index in [-0.39, 0.29) is 5.41 Å². The minimum Gasteiger partial charge on any atom is -0.489 e. The van der Waals surface area contributed by atoms with Crippen LogP contribution in [0.4, 0.5) is 0 Å². The van der Waals surface area contributed by atoms with Crippen LogP contribution in [0, 0.1) is 19.3 Å². The standard InChI is InChI=1S/C17H27NO/c1-6-10-18-15-11-16(17(15,4)5)19-14-9-7-8-12(2)13(14)3/h7-9,15-16,18H,6,10-11H2,1-5H3. The second-order valence-corrected chi connectivity index (χ2v) is 6.37. The van der Waals surface area contributed by atoms with E-state index in [9.17, 15) is 0 Å². The topological polar surface area (TPSA) is 21.3 Å². The minimum absolute atomic E-state index is 0.214. The van der Waals surface area contributed by atoms with Gasteiger partial charge in [-0.1, -0.05) is 32.9 Å². The Bertz CT molecular complexity index is 439. The summed E-state index contributed by atoms with van der Waals surface area (Å²) in [6, 6.07) is 6.89. The second kappa shape index (κ2) is 5.54. The van der Waals surface area contributed by atoms with Gasteiger partial charge in [0.05, 0.1) is 0 Å². The third kappa shape index (κ3) is 2.79. The Morgan fingerprint density at radius 2 is 2.05 bits per heavy atom. The molecule has 0 saturated heterocycles. The number of ether oxygens (including phenoxy) is 1. The van der Waals surface area contributed by atoms with E-state index < -0.39 is 0 Å². The molecule has 0 aliphatic heterocycles. The molecule has 2 nitrogen and oxygen atoms in total. The van der Waals surface area contributed by atoms with Crippen LogP contribution in [0.5, 0.6) is 5.75 Å². The Labute approximate surface area is 117 Å². The zero-order valence-corrected chi connectivity index (χ0v) is 12.9. The van der Waals surface area contributed by atoms with Crippen molar-refractivity contribution >= 4 is 0 Å². The van der Waals surface area contributed by atoms with Gasteiger partial charge in [0, 0.05) is 17.9 Å². The van der Waals surface area contributed by atoms with Crippen molar-refractivity contribution in [3.63, 3.8) is 0 Å². The Morgan fingerprint density at radius 1 is 1.32 bits per heavy atom. The highest BCUT2D eigenvalue weighted by atomic mass is 16.5. The predicted molar refractivity (Wildman–Crippen MR) is 80.8 cm³/mol. The molecule has 2 rings (SSSR count). The molecule has 1 aromatic rings. The van der Waals surface area contributed by atoms with Crippen LogP contribution in [0.3, 0.4) is 0 Å². The maximum Gasteiger partial charge on any atom is 0.122 e. The number of hydrogen-bond acceptors (Lipinski definition) is 2. The molecule has 0 radical (unpaired) electrons. The van der Waals surface area contributed by atoms with Crippen molar-refractivity contribution in [3.8, 4) is 5.75 Å². The fourth-order valence-electron chi connectivity index (χ4n) is 2.76. The van der Waals surface area contributed by atoms with E-state index in [1.54, 1.807) is 0 Å². The Kier molecular flexibility index (Phi) is 4.19. The van der Waals surface area contributed by atoms with Gasteiger partial charge in [0.1, 0.15) is 11.9 Å². The fourth-order valence-corrected chi connectivity index (χ4v) is 2.76. The predicted octanol–water partition coefficient (Wildman–Crippen LogP) is 3.85. The molecule has 1 aliphatic rings. The molecule has 1 N–H and O–H groups in total. The van der Waals surface area contributed by atoms with Crippen molar-refractivity contribution in [1.29, 1.82) is 0 Å². The summed E-state index contributed by atoms with van der Waals surface area (Å²) in [5, 5.41) is 3.62. The molecule has 0 amide bonds. The molecule has 0 aromatic heterocycles. The minimum atomic E-state index is 0.214. The summed E-state index contributed by atoms with van der Waals surface area (Å²) in [7, 11) is 0. The summed E-state index contributed by atoms with van der Waals surface area (Å²) in [6.07, 6.45) is 2.62. The van der Waals surface area contributed by atoms with Crippen LogP contribution in [0.1, 0.15) is 44.7 Å². The lowest BCUT2D eigenvalue weighted by Gasteiger charge is -2.52. The van der Waals surface area contributed by atoms with Gasteiger partial charge in [-0.15, -0.1) is 0 Å². The lowest BCUT2D eigenvalue weighted by atomic mass is 9.64. The van der Waals surface area contributed by atoms with E-state index in [1.807, 2.05) is 0 Å². The largest absolute Gasteiger partial charge is 0.489 e. The normalized spacial score (nSPS) is 24.9. The molecule has 19 heavy (non-hydrogen) atoms. The van der Waals surface area contributed by atoms with Gasteiger partial charge in [-0.05, 0) is 44.0 Å². The highest BCUT2D eigenvalue weighted by Crippen LogP contribution is 2.43. The highest BCUT2D eigenvalue weighted by Gasteiger charge is 2.49. The average molecular weight is 261 g/mol. The molecule has 106 valence electrons. The first kappa shape index (κ1) is 14.4. The van der Waals surface area contributed by atoms with Crippen molar-refractivity contribution in [1.82, 2.24) is 5.32 Å². The molecule has 1 aliphatic carbocycles. The van der Waals surface area contributed by atoms with Crippen LogP contribution in [-0.2, 0) is 0 Å². The molecule has 0 spiro atoms. The van der Waals surface area contributed by atoms with Crippen LogP contribution in [0.2, 0.25) is 0 Å². The third-order valence-corrected chi connectivity index (χ3v) is 4.64. The van der Waals surface area contributed by atoms with Gasteiger partial charge in [0.15, 0.2) is 0 Å². The SMILES string of the molecule is CCCNC1CC(Oc2cccc(C)c2C)C1(C)C. The van der Waals surface area contributed by atoms with Gasteiger partial charge in [-0.2, -0.15) is 0 Å². The molecule has 2 atom stereocenters. The van der Waals surface area contributed by atoms with Crippen LogP contribution < -0.4 is 10.1 Å². The van der Waals surface area contributed by atoms with Crippen molar-refractivity contribution < 1.29 is 4.74 Å². The number of nitrogens with one attached hydrogen (secondary N) is 1. The zero-order valence-electron chi connectivity index (χ0n) is 12.9. The Morgan fingerprint density at radius 3 is 2.68 bits per heavy atom. The van der Waals surface area contributed by atoms with Crippen LogP contribution in [0.25, 0.3) is 0 Å². The maximum atomic E-state index is 6.25. The number of rotatable bonds is 5. The van der Waals surface area contributed by atoms with Gasteiger partial charge in [0.25, 0.3) is 0 Å². The molecule has 0 heterocycles. The van der Waals surface area contributed by atoms with Gasteiger partial charge >= 0.3 is 0 Å². The zero-order chi connectivity index (χ0) is 14.0. The first-order valence-electron chi connectivity index (χ1n) is 7.43. The van der Waals surface area contributed by atoms with Gasteiger partial charge in [-0.25, -0.2) is 0 Å². The van der Waals surface area contributed by atoms with Gasteiger partial charge in [0.2, 0.25) is 0 Å². The van der Waals surface area contributed by atoms with Gasteiger partial charge in [-0.3, -0.25) is 0 Å². The van der Waals surface area contributed by atoms with E-state index in [2.05, 4.69) is 58.1 Å². The summed E-state index contributed by atoms with van der Waals surface area (Å²) < 4.78 is 6.25. The molecule has 1 fully saturated rings.